The summed E-state index contributed by atoms with van der Waals surface area (Å²) in [5, 5.41) is 10.6. The molecule has 0 aliphatic rings. The minimum Gasteiger partial charge on any atom is -0.380 e. The molecule has 0 saturated carbocycles. The van der Waals surface area contributed by atoms with E-state index in [0.717, 1.165) is 16.7 Å². The van der Waals surface area contributed by atoms with Gasteiger partial charge >= 0.3 is 0 Å². The average Bonchev–Trinajstić information content (AvgIpc) is 2.97. The van der Waals surface area contributed by atoms with Crippen LogP contribution in [0.4, 0.5) is 4.39 Å². The Bertz CT molecular complexity index is 790. The van der Waals surface area contributed by atoms with Gasteiger partial charge in [0.1, 0.15) is 17.7 Å². The van der Waals surface area contributed by atoms with Crippen molar-refractivity contribution in [2.45, 2.75) is 20.0 Å². The second-order valence-corrected chi connectivity index (χ2v) is 5.40. The summed E-state index contributed by atoms with van der Waals surface area (Å²) in [7, 11) is 0. The van der Waals surface area contributed by atoms with Crippen LogP contribution < -0.4 is 0 Å². The van der Waals surface area contributed by atoms with Crippen molar-refractivity contribution in [3.05, 3.63) is 77.0 Å². The number of nitrogens with one attached hydrogen (secondary N) is 1. The van der Waals surface area contributed by atoms with Crippen molar-refractivity contribution in [3.8, 4) is 11.3 Å². The van der Waals surface area contributed by atoms with Crippen molar-refractivity contribution >= 4 is 0 Å². The average molecular weight is 296 g/mol. The van der Waals surface area contributed by atoms with E-state index in [2.05, 4.69) is 9.97 Å². The van der Waals surface area contributed by atoms with Gasteiger partial charge in [0.25, 0.3) is 0 Å². The van der Waals surface area contributed by atoms with E-state index in [1.54, 1.807) is 18.3 Å². The summed E-state index contributed by atoms with van der Waals surface area (Å²) in [6, 6.07) is 12.2. The second-order valence-electron chi connectivity index (χ2n) is 5.40. The van der Waals surface area contributed by atoms with E-state index in [1.165, 1.54) is 12.1 Å². The highest BCUT2D eigenvalue weighted by atomic mass is 19.1. The number of hydrogen-bond donors (Lipinski definition) is 2. The normalized spacial score (nSPS) is 12.4. The van der Waals surface area contributed by atoms with E-state index in [0.29, 0.717) is 17.1 Å². The molecule has 112 valence electrons. The standard InChI is InChI=1S/C18H17FN2O/c1-11-5-3-6-12(2)16(11)17(22)18-20-10-15(21-18)13-7-4-8-14(19)9-13/h3-10,17,22H,1-2H3,(H,20,21). The largest absolute Gasteiger partial charge is 0.380 e. The molecule has 0 radical (unpaired) electrons. The number of aromatic amines is 1. The first-order chi connectivity index (χ1) is 10.6. The lowest BCUT2D eigenvalue weighted by atomic mass is 9.98. The molecule has 0 spiro atoms. The van der Waals surface area contributed by atoms with Crippen molar-refractivity contribution < 1.29 is 9.50 Å². The highest BCUT2D eigenvalue weighted by Crippen LogP contribution is 2.27. The van der Waals surface area contributed by atoms with Gasteiger partial charge in [0.05, 0.1) is 11.9 Å². The Balaban J connectivity index is 1.97. The smallest absolute Gasteiger partial charge is 0.140 e. The highest BCUT2D eigenvalue weighted by Gasteiger charge is 2.18. The minimum absolute atomic E-state index is 0.302. The molecule has 3 rings (SSSR count). The van der Waals surface area contributed by atoms with Gasteiger partial charge in [-0.2, -0.15) is 0 Å². The quantitative estimate of drug-likeness (QED) is 0.769. The lowest BCUT2D eigenvalue weighted by molar-refractivity contribution is 0.209. The van der Waals surface area contributed by atoms with Crippen LogP contribution in [-0.4, -0.2) is 15.1 Å². The number of rotatable bonds is 3. The highest BCUT2D eigenvalue weighted by molar-refractivity contribution is 5.58. The predicted molar refractivity (Wildman–Crippen MR) is 84.0 cm³/mol. The Morgan fingerprint density at radius 3 is 2.45 bits per heavy atom. The molecule has 1 aromatic heterocycles. The summed E-state index contributed by atoms with van der Waals surface area (Å²) in [6.07, 6.45) is 0.782. The lowest BCUT2D eigenvalue weighted by Gasteiger charge is -2.14. The topological polar surface area (TPSA) is 48.9 Å². The molecule has 0 aliphatic carbocycles. The minimum atomic E-state index is -0.830. The molecule has 0 saturated heterocycles. The lowest BCUT2D eigenvalue weighted by Crippen LogP contribution is -2.06. The zero-order valence-corrected chi connectivity index (χ0v) is 12.5. The van der Waals surface area contributed by atoms with Crippen LogP contribution in [0.2, 0.25) is 0 Å². The SMILES string of the molecule is Cc1cccc(C)c1C(O)c1ncc(-c2cccc(F)c2)[nH]1. The van der Waals surface area contributed by atoms with Gasteiger partial charge in [-0.05, 0) is 42.7 Å². The fourth-order valence-corrected chi connectivity index (χ4v) is 2.67. The maximum atomic E-state index is 13.3. The molecule has 0 bridgehead atoms. The van der Waals surface area contributed by atoms with Gasteiger partial charge in [-0.25, -0.2) is 9.37 Å². The fraction of sp³-hybridized carbons (Fsp3) is 0.167. The molecule has 2 N–H and O–H groups in total. The van der Waals surface area contributed by atoms with E-state index in [1.807, 2.05) is 32.0 Å². The fourth-order valence-electron chi connectivity index (χ4n) is 2.67. The Morgan fingerprint density at radius 1 is 1.09 bits per heavy atom. The van der Waals surface area contributed by atoms with Crippen molar-refractivity contribution in [1.82, 2.24) is 9.97 Å². The zero-order chi connectivity index (χ0) is 15.7. The number of aryl methyl sites for hydroxylation is 2. The molecular weight excluding hydrogens is 279 g/mol. The van der Waals surface area contributed by atoms with E-state index in [9.17, 15) is 9.50 Å². The summed E-state index contributed by atoms with van der Waals surface area (Å²) < 4.78 is 13.3. The van der Waals surface area contributed by atoms with Gasteiger partial charge in [-0.1, -0.05) is 30.3 Å². The number of aromatic nitrogens is 2. The van der Waals surface area contributed by atoms with Crippen molar-refractivity contribution in [2.75, 3.05) is 0 Å². The predicted octanol–water partition coefficient (Wildman–Crippen LogP) is 3.91. The molecule has 2 aromatic carbocycles. The summed E-state index contributed by atoms with van der Waals surface area (Å²) in [4.78, 5) is 7.33. The first-order valence-corrected chi connectivity index (χ1v) is 7.11. The number of aliphatic hydroxyl groups is 1. The monoisotopic (exact) mass is 296 g/mol. The van der Waals surface area contributed by atoms with Crippen LogP contribution in [-0.2, 0) is 0 Å². The van der Waals surface area contributed by atoms with Crippen LogP contribution >= 0.6 is 0 Å². The molecule has 0 fully saturated rings. The van der Waals surface area contributed by atoms with Crippen LogP contribution in [0, 0.1) is 19.7 Å². The van der Waals surface area contributed by atoms with Crippen LogP contribution in [0.25, 0.3) is 11.3 Å². The maximum Gasteiger partial charge on any atom is 0.140 e. The van der Waals surface area contributed by atoms with Crippen LogP contribution in [0.3, 0.4) is 0 Å². The molecule has 1 unspecified atom stereocenters. The van der Waals surface area contributed by atoms with Gasteiger partial charge in [-0.3, -0.25) is 0 Å². The van der Waals surface area contributed by atoms with Gasteiger partial charge in [0, 0.05) is 5.56 Å². The molecule has 1 atom stereocenters. The summed E-state index contributed by atoms with van der Waals surface area (Å²) in [5.74, 6) is 0.153. The van der Waals surface area contributed by atoms with E-state index < -0.39 is 6.10 Å². The van der Waals surface area contributed by atoms with Crippen molar-refractivity contribution in [1.29, 1.82) is 0 Å². The number of benzene rings is 2. The summed E-state index contributed by atoms with van der Waals surface area (Å²) in [6.45, 7) is 3.92. The molecule has 3 nitrogen and oxygen atoms in total. The first-order valence-electron chi connectivity index (χ1n) is 7.11. The third-order valence-corrected chi connectivity index (χ3v) is 3.81. The number of aliphatic hydroxyl groups excluding tert-OH is 1. The molecule has 0 amide bonds. The van der Waals surface area contributed by atoms with E-state index in [4.69, 9.17) is 0 Å². The second kappa shape index (κ2) is 5.73. The van der Waals surface area contributed by atoms with Crippen LogP contribution in [0.5, 0.6) is 0 Å². The Labute approximate surface area is 128 Å². The summed E-state index contributed by atoms with van der Waals surface area (Å²) >= 11 is 0. The Kier molecular flexibility index (Phi) is 3.77. The van der Waals surface area contributed by atoms with Crippen LogP contribution in [0.15, 0.2) is 48.7 Å². The number of H-pyrrole nitrogens is 1. The third-order valence-electron chi connectivity index (χ3n) is 3.81. The third kappa shape index (κ3) is 2.65. The maximum absolute atomic E-state index is 13.3. The zero-order valence-electron chi connectivity index (χ0n) is 12.5. The number of nitrogens with zero attached hydrogens (tertiary/aromatic N) is 1. The number of hydrogen-bond acceptors (Lipinski definition) is 2. The van der Waals surface area contributed by atoms with Crippen molar-refractivity contribution in [3.63, 3.8) is 0 Å². The van der Waals surface area contributed by atoms with E-state index >= 15 is 0 Å². The van der Waals surface area contributed by atoms with Gasteiger partial charge in [-0.15, -0.1) is 0 Å². The number of halogens is 1. The van der Waals surface area contributed by atoms with Crippen molar-refractivity contribution in [2.24, 2.45) is 0 Å². The molecule has 1 heterocycles. The van der Waals surface area contributed by atoms with Gasteiger partial charge in [0.15, 0.2) is 0 Å². The molecule has 4 heteroatoms. The summed E-state index contributed by atoms with van der Waals surface area (Å²) in [5.41, 5.74) is 4.25. The number of imidazole rings is 1. The van der Waals surface area contributed by atoms with Gasteiger partial charge < -0.3 is 10.1 Å². The molecule has 3 aromatic rings. The molecule has 22 heavy (non-hydrogen) atoms. The Hall–Kier alpha value is -2.46. The molecule has 0 aliphatic heterocycles. The molecular formula is C18H17FN2O. The van der Waals surface area contributed by atoms with Gasteiger partial charge in [0.2, 0.25) is 0 Å². The van der Waals surface area contributed by atoms with Crippen LogP contribution in [0.1, 0.15) is 28.6 Å². The first kappa shape index (κ1) is 14.5. The van der Waals surface area contributed by atoms with E-state index in [-0.39, 0.29) is 5.82 Å². The Morgan fingerprint density at radius 2 is 1.77 bits per heavy atom.